The Hall–Kier alpha value is -3.61. The van der Waals surface area contributed by atoms with E-state index < -0.39 is 35.0 Å². The Balaban J connectivity index is 1.99. The molecule has 1 aliphatic heterocycles. The maximum atomic E-state index is 13.0. The number of fused-ring (bicyclic) bond motifs is 1. The molecule has 6 N–H and O–H groups in total. The van der Waals surface area contributed by atoms with E-state index in [0.29, 0.717) is 11.3 Å². The van der Waals surface area contributed by atoms with E-state index in [1.54, 1.807) is 30.3 Å². The van der Waals surface area contributed by atoms with E-state index in [2.05, 4.69) is 4.74 Å². The van der Waals surface area contributed by atoms with Crippen molar-refractivity contribution in [3.05, 3.63) is 57.8 Å². The second-order valence-corrected chi connectivity index (χ2v) is 8.25. The summed E-state index contributed by atoms with van der Waals surface area (Å²) in [5.41, 5.74) is 0.247. The summed E-state index contributed by atoms with van der Waals surface area (Å²) in [5.74, 6) is -7.03. The summed E-state index contributed by atoms with van der Waals surface area (Å²) < 4.78 is 21.1. The summed E-state index contributed by atoms with van der Waals surface area (Å²) in [6, 6.07) is 7.26. The van der Waals surface area contributed by atoms with E-state index in [0.717, 1.165) is 11.6 Å². The third-order valence-electron chi connectivity index (χ3n) is 5.56. The fourth-order valence-electron chi connectivity index (χ4n) is 3.61. The van der Waals surface area contributed by atoms with Crippen LogP contribution in [0.25, 0.3) is 22.3 Å². The van der Waals surface area contributed by atoms with Gasteiger partial charge in [0.15, 0.2) is 5.76 Å². The van der Waals surface area contributed by atoms with E-state index in [1.165, 1.54) is 7.11 Å². The smallest absolute Gasteiger partial charge is 0.357 e. The molecule has 4 rings (SSSR count). The summed E-state index contributed by atoms with van der Waals surface area (Å²) in [6.45, 7) is 3.62. The molecule has 186 valence electrons. The van der Waals surface area contributed by atoms with Gasteiger partial charge in [-0.3, -0.25) is 9.53 Å². The van der Waals surface area contributed by atoms with Crippen molar-refractivity contribution in [2.24, 2.45) is 0 Å². The van der Waals surface area contributed by atoms with E-state index in [-0.39, 0.29) is 34.5 Å². The van der Waals surface area contributed by atoms with E-state index >= 15 is 0 Å². The molecule has 35 heavy (non-hydrogen) atoms. The monoisotopic (exact) mass is 488 g/mol. The molecule has 1 saturated heterocycles. The molecule has 0 bridgehead atoms. The number of hydrogen-bond donors (Lipinski definition) is 6. The number of allylic oxidation sites excluding steroid dienone is 2. The van der Waals surface area contributed by atoms with Crippen LogP contribution in [0.3, 0.4) is 0 Å². The lowest BCUT2D eigenvalue weighted by molar-refractivity contribution is -0.201. The van der Waals surface area contributed by atoms with Crippen LogP contribution in [0.5, 0.6) is 23.0 Å². The standard InChI is InChI=1S/C24H24O11/c1-11(2)4-9-14-16(34-23(22(28)29)24(30,31)35-23)10-15(25)17-18(26)19(27)20(33-21(14)17)12-5-7-13(32-3)8-6-12/h4-8,10,22,25,27-31H,9H2,1-3H3. The summed E-state index contributed by atoms with van der Waals surface area (Å²) in [6.07, 6.45) is -0.682. The van der Waals surface area contributed by atoms with Gasteiger partial charge in [0.1, 0.15) is 28.2 Å². The van der Waals surface area contributed by atoms with E-state index in [9.17, 15) is 35.4 Å². The zero-order valence-electron chi connectivity index (χ0n) is 19.0. The molecule has 1 fully saturated rings. The van der Waals surface area contributed by atoms with E-state index in [4.69, 9.17) is 13.9 Å². The van der Waals surface area contributed by atoms with Crippen LogP contribution in [-0.4, -0.2) is 55.8 Å². The van der Waals surface area contributed by atoms with Gasteiger partial charge >= 0.3 is 11.8 Å². The van der Waals surface area contributed by atoms with E-state index in [1.807, 2.05) is 13.8 Å². The van der Waals surface area contributed by atoms with Crippen molar-refractivity contribution in [2.45, 2.75) is 38.3 Å². The number of aromatic hydroxyl groups is 2. The summed E-state index contributed by atoms with van der Waals surface area (Å²) in [4.78, 5) is 13.0. The maximum Gasteiger partial charge on any atom is 0.357 e. The fourth-order valence-corrected chi connectivity index (χ4v) is 3.61. The second-order valence-electron chi connectivity index (χ2n) is 8.25. The van der Waals surface area contributed by atoms with Gasteiger partial charge in [-0.1, -0.05) is 11.6 Å². The van der Waals surface area contributed by atoms with Crippen LogP contribution >= 0.6 is 0 Å². The number of hydrogen-bond acceptors (Lipinski definition) is 11. The number of rotatable bonds is 7. The predicted octanol–water partition coefficient (Wildman–Crippen LogP) is 1.44. The molecule has 0 spiro atoms. The Kier molecular flexibility index (Phi) is 5.99. The van der Waals surface area contributed by atoms with Gasteiger partial charge in [-0.25, -0.2) is 0 Å². The molecule has 1 aromatic heterocycles. The zero-order chi connectivity index (χ0) is 25.7. The normalized spacial score (nSPS) is 18.5. The fraction of sp³-hybridized carbons (Fsp3) is 0.292. The number of methoxy groups -OCH3 is 1. The molecule has 1 unspecified atom stereocenters. The van der Waals surface area contributed by atoms with Crippen LogP contribution in [0.4, 0.5) is 0 Å². The molecule has 0 amide bonds. The van der Waals surface area contributed by atoms with Gasteiger partial charge in [0.25, 0.3) is 0 Å². The third-order valence-corrected chi connectivity index (χ3v) is 5.56. The van der Waals surface area contributed by atoms with Crippen molar-refractivity contribution in [2.75, 3.05) is 7.11 Å². The first kappa shape index (κ1) is 24.5. The Bertz CT molecular complexity index is 1370. The lowest BCUT2D eigenvalue weighted by Gasteiger charge is -2.20. The predicted molar refractivity (Wildman–Crippen MR) is 121 cm³/mol. The van der Waals surface area contributed by atoms with Crippen molar-refractivity contribution in [1.29, 1.82) is 0 Å². The van der Waals surface area contributed by atoms with Crippen LogP contribution in [0, 0.1) is 0 Å². The van der Waals surface area contributed by atoms with Gasteiger partial charge in [0.05, 0.1) is 7.11 Å². The van der Waals surface area contributed by atoms with Gasteiger partial charge in [0, 0.05) is 17.2 Å². The van der Waals surface area contributed by atoms with Crippen LogP contribution in [0.15, 0.2) is 51.2 Å². The zero-order valence-corrected chi connectivity index (χ0v) is 19.0. The number of aliphatic hydroxyl groups is 4. The first-order chi connectivity index (χ1) is 16.4. The molecular formula is C24H24O11. The van der Waals surface area contributed by atoms with Crippen molar-refractivity contribution < 1.29 is 49.3 Å². The minimum Gasteiger partial charge on any atom is -0.507 e. The molecule has 1 atom stereocenters. The van der Waals surface area contributed by atoms with Gasteiger partial charge in [-0.2, -0.15) is 0 Å². The molecule has 0 radical (unpaired) electrons. The topological polar surface area (TPSA) is 183 Å². The second kappa shape index (κ2) is 8.56. The van der Waals surface area contributed by atoms with Crippen molar-refractivity contribution >= 4 is 11.0 Å². The van der Waals surface area contributed by atoms with Crippen LogP contribution in [-0.2, 0) is 11.2 Å². The minimum absolute atomic E-state index is 0.0612. The Morgan fingerprint density at radius 2 is 1.77 bits per heavy atom. The van der Waals surface area contributed by atoms with Crippen LogP contribution in [0.1, 0.15) is 19.4 Å². The number of benzene rings is 2. The number of phenolic OH excluding ortho intramolecular Hbond substituents is 1. The lowest BCUT2D eigenvalue weighted by atomic mass is 10.0. The SMILES string of the molecule is COc1ccc(-c2oc3c(CC=C(C)C)c(OC4(C(O)O)OC4(O)O)cc(O)c3c(=O)c2O)cc1. The van der Waals surface area contributed by atoms with Crippen LogP contribution in [0.2, 0.25) is 0 Å². The number of aliphatic hydroxyl groups excluding tert-OH is 1. The van der Waals surface area contributed by atoms with Gasteiger partial charge < -0.3 is 44.5 Å². The average molecular weight is 488 g/mol. The van der Waals surface area contributed by atoms with Crippen LogP contribution < -0.4 is 14.9 Å². The Labute approximate surface area is 198 Å². The molecule has 3 aromatic rings. The Morgan fingerprint density at radius 1 is 1.14 bits per heavy atom. The number of ether oxygens (including phenoxy) is 3. The largest absolute Gasteiger partial charge is 0.507 e. The van der Waals surface area contributed by atoms with Crippen molar-refractivity contribution in [3.8, 4) is 34.3 Å². The molecule has 2 heterocycles. The van der Waals surface area contributed by atoms with Crippen molar-refractivity contribution in [1.82, 2.24) is 0 Å². The molecule has 1 aliphatic rings. The molecule has 0 saturated carbocycles. The highest BCUT2D eigenvalue weighted by Gasteiger charge is 2.78. The summed E-state index contributed by atoms with van der Waals surface area (Å²) in [5, 5.41) is 59.7. The van der Waals surface area contributed by atoms with Gasteiger partial charge in [0.2, 0.25) is 17.5 Å². The third kappa shape index (κ3) is 4.09. The van der Waals surface area contributed by atoms with Gasteiger partial charge in [-0.15, -0.1) is 0 Å². The quantitative estimate of drug-likeness (QED) is 0.161. The molecular weight excluding hydrogens is 464 g/mol. The van der Waals surface area contributed by atoms with Gasteiger partial charge in [-0.05, 0) is 44.5 Å². The molecule has 0 aliphatic carbocycles. The highest BCUT2D eigenvalue weighted by Crippen LogP contribution is 2.49. The number of epoxide rings is 1. The maximum absolute atomic E-state index is 13.0. The molecule has 11 heteroatoms. The summed E-state index contributed by atoms with van der Waals surface area (Å²) >= 11 is 0. The first-order valence-electron chi connectivity index (χ1n) is 10.4. The first-order valence-corrected chi connectivity index (χ1v) is 10.4. The van der Waals surface area contributed by atoms with Crippen molar-refractivity contribution in [3.63, 3.8) is 0 Å². The highest BCUT2D eigenvalue weighted by atomic mass is 17.0. The Morgan fingerprint density at radius 3 is 2.29 bits per heavy atom. The average Bonchev–Trinajstić information content (AvgIpc) is 3.36. The number of phenols is 1. The minimum atomic E-state index is -3.02. The highest BCUT2D eigenvalue weighted by molar-refractivity contribution is 5.91. The lowest BCUT2D eigenvalue weighted by Crippen LogP contribution is -2.43. The summed E-state index contributed by atoms with van der Waals surface area (Å²) in [7, 11) is 1.48. The molecule has 11 nitrogen and oxygen atoms in total. The molecule has 2 aromatic carbocycles.